The van der Waals surface area contributed by atoms with Crippen molar-refractivity contribution in [3.63, 3.8) is 0 Å². The second-order valence-electron chi connectivity index (χ2n) is 7.25. The minimum Gasteiger partial charge on any atom is -0.480 e. The van der Waals surface area contributed by atoms with Gasteiger partial charge < -0.3 is 21.1 Å². The first kappa shape index (κ1) is 23.6. The van der Waals surface area contributed by atoms with Gasteiger partial charge in [0.05, 0.1) is 27.5 Å². The van der Waals surface area contributed by atoms with Crippen molar-refractivity contribution in [1.29, 1.82) is 0 Å². The zero-order valence-electron chi connectivity index (χ0n) is 16.9. The Balaban J connectivity index is 1.87. The van der Waals surface area contributed by atoms with Crippen LogP contribution in [0.5, 0.6) is 0 Å². The van der Waals surface area contributed by atoms with Gasteiger partial charge in [-0.1, -0.05) is 48.5 Å². The van der Waals surface area contributed by atoms with Crippen molar-refractivity contribution >= 4 is 52.7 Å². The summed E-state index contributed by atoms with van der Waals surface area (Å²) in [6, 6.07) is 3.64. The molecule has 3 rings (SSSR count). The van der Waals surface area contributed by atoms with E-state index in [0.29, 0.717) is 0 Å². The van der Waals surface area contributed by atoms with Gasteiger partial charge in [0.2, 0.25) is 0 Å². The lowest BCUT2D eigenvalue weighted by Gasteiger charge is -2.22. The standard InChI is InChI=1S/C20H21Cl2N5O5/c21-12-7-4-8-13(22)16(12)18(30)25-14-10-27(20(32)23-9-15(28)29)26-17(14)19(31)24-11-5-2-1-3-6-11/h4,7-8,10-11H,1-3,5-6,9H2,(H,23,32)(H,24,31)(H,25,30)(H,28,29). The number of hydrogen-bond acceptors (Lipinski definition) is 5. The van der Waals surface area contributed by atoms with Crippen LogP contribution in [0.1, 0.15) is 53.0 Å². The summed E-state index contributed by atoms with van der Waals surface area (Å²) in [5.41, 5.74) is -0.250. The van der Waals surface area contributed by atoms with E-state index >= 15 is 0 Å². The maximum Gasteiger partial charge on any atom is 0.342 e. The molecule has 10 nitrogen and oxygen atoms in total. The minimum absolute atomic E-state index is 0.00227. The molecular formula is C20H21Cl2N5O5. The molecule has 0 bridgehead atoms. The Labute approximate surface area is 193 Å². The highest BCUT2D eigenvalue weighted by molar-refractivity contribution is 6.40. The molecule has 1 saturated carbocycles. The molecule has 0 radical (unpaired) electrons. The smallest absolute Gasteiger partial charge is 0.342 e. The van der Waals surface area contributed by atoms with Crippen LogP contribution in [0.2, 0.25) is 10.0 Å². The summed E-state index contributed by atoms with van der Waals surface area (Å²) in [6.07, 6.45) is 5.85. The number of aliphatic carboxylic acids is 1. The van der Waals surface area contributed by atoms with Crippen molar-refractivity contribution < 1.29 is 24.3 Å². The fraction of sp³-hybridized carbons (Fsp3) is 0.350. The third-order valence-electron chi connectivity index (χ3n) is 4.91. The maximum absolute atomic E-state index is 12.9. The molecule has 0 atom stereocenters. The van der Waals surface area contributed by atoms with E-state index in [2.05, 4.69) is 21.0 Å². The molecular weight excluding hydrogens is 461 g/mol. The summed E-state index contributed by atoms with van der Waals surface area (Å²) in [5, 5.41) is 20.4. The molecule has 1 fully saturated rings. The molecule has 4 N–H and O–H groups in total. The van der Waals surface area contributed by atoms with E-state index in [-0.39, 0.29) is 33.0 Å². The lowest BCUT2D eigenvalue weighted by Crippen LogP contribution is -2.37. The number of halogens is 2. The van der Waals surface area contributed by atoms with Gasteiger partial charge in [0.1, 0.15) is 6.54 Å². The predicted molar refractivity (Wildman–Crippen MR) is 117 cm³/mol. The number of nitrogens with one attached hydrogen (secondary N) is 3. The van der Waals surface area contributed by atoms with Gasteiger partial charge in [-0.05, 0) is 25.0 Å². The van der Waals surface area contributed by atoms with E-state index in [1.54, 1.807) is 6.07 Å². The Morgan fingerprint density at radius 3 is 2.34 bits per heavy atom. The van der Waals surface area contributed by atoms with Gasteiger partial charge in [-0.15, -0.1) is 0 Å². The fourth-order valence-electron chi connectivity index (χ4n) is 3.37. The number of carboxylic acid groups (broad SMARTS) is 1. The molecule has 1 heterocycles. The van der Waals surface area contributed by atoms with Crippen LogP contribution in [-0.2, 0) is 4.79 Å². The van der Waals surface area contributed by atoms with Crippen molar-refractivity contribution in [2.45, 2.75) is 38.1 Å². The van der Waals surface area contributed by atoms with Gasteiger partial charge in [-0.2, -0.15) is 9.78 Å². The number of benzene rings is 1. The van der Waals surface area contributed by atoms with Crippen LogP contribution >= 0.6 is 23.2 Å². The van der Waals surface area contributed by atoms with Gasteiger partial charge in [-0.3, -0.25) is 14.4 Å². The summed E-state index contributed by atoms with van der Waals surface area (Å²) in [6.45, 7) is -0.640. The van der Waals surface area contributed by atoms with Crippen LogP contribution in [0.3, 0.4) is 0 Å². The molecule has 1 aliphatic carbocycles. The number of anilines is 1. The van der Waals surface area contributed by atoms with E-state index in [9.17, 15) is 19.2 Å². The quantitative estimate of drug-likeness (QED) is 0.498. The number of hydrogen-bond donors (Lipinski definition) is 4. The number of nitrogens with zero attached hydrogens (tertiary/aromatic N) is 2. The number of carboxylic acids is 1. The number of carbonyl (C=O) groups excluding carboxylic acids is 3. The molecule has 3 amide bonds. The van der Waals surface area contributed by atoms with Gasteiger partial charge in [0, 0.05) is 6.04 Å². The number of carbonyl (C=O) groups is 4. The second kappa shape index (κ2) is 10.5. The van der Waals surface area contributed by atoms with Gasteiger partial charge >= 0.3 is 12.0 Å². The maximum atomic E-state index is 12.9. The van der Waals surface area contributed by atoms with Crippen LogP contribution < -0.4 is 16.0 Å². The van der Waals surface area contributed by atoms with Crippen molar-refractivity contribution in [2.75, 3.05) is 11.9 Å². The number of amides is 3. The van der Waals surface area contributed by atoms with Crippen LogP contribution in [0.15, 0.2) is 24.4 Å². The van der Waals surface area contributed by atoms with E-state index in [0.717, 1.165) is 43.0 Å². The summed E-state index contributed by atoms with van der Waals surface area (Å²) < 4.78 is 0.753. The Hall–Kier alpha value is -3.11. The first-order chi connectivity index (χ1) is 15.3. The summed E-state index contributed by atoms with van der Waals surface area (Å²) in [5.74, 6) is -2.51. The minimum atomic E-state index is -1.25. The largest absolute Gasteiger partial charge is 0.480 e. The van der Waals surface area contributed by atoms with Gasteiger partial charge in [0.25, 0.3) is 11.8 Å². The summed E-state index contributed by atoms with van der Waals surface area (Å²) in [4.78, 5) is 48.6. The highest BCUT2D eigenvalue weighted by atomic mass is 35.5. The van der Waals surface area contributed by atoms with Gasteiger partial charge in [-0.25, -0.2) is 4.79 Å². The normalized spacial score (nSPS) is 13.9. The monoisotopic (exact) mass is 481 g/mol. The molecule has 0 saturated heterocycles. The van der Waals surface area contributed by atoms with E-state index in [4.69, 9.17) is 28.3 Å². The summed E-state index contributed by atoms with van der Waals surface area (Å²) >= 11 is 12.2. The van der Waals surface area contributed by atoms with Crippen molar-refractivity contribution in [3.05, 3.63) is 45.7 Å². The van der Waals surface area contributed by atoms with Crippen LogP contribution in [0.4, 0.5) is 10.5 Å². The molecule has 0 aliphatic heterocycles. The van der Waals surface area contributed by atoms with Crippen molar-refractivity contribution in [1.82, 2.24) is 20.4 Å². The predicted octanol–water partition coefficient (Wildman–Crippen LogP) is 3.15. The second-order valence-corrected chi connectivity index (χ2v) is 8.06. The molecule has 1 aromatic carbocycles. The van der Waals surface area contributed by atoms with Crippen molar-refractivity contribution in [2.24, 2.45) is 0 Å². The first-order valence-electron chi connectivity index (χ1n) is 9.92. The lowest BCUT2D eigenvalue weighted by molar-refractivity contribution is -0.135. The average Bonchev–Trinajstić information content (AvgIpc) is 3.16. The zero-order valence-corrected chi connectivity index (χ0v) is 18.4. The molecule has 1 aliphatic rings. The molecule has 2 aromatic rings. The summed E-state index contributed by atoms with van der Waals surface area (Å²) in [7, 11) is 0. The first-order valence-corrected chi connectivity index (χ1v) is 10.7. The van der Waals surface area contributed by atoms with Crippen LogP contribution in [0, 0.1) is 0 Å². The Morgan fingerprint density at radius 1 is 1.06 bits per heavy atom. The van der Waals surface area contributed by atoms with Crippen LogP contribution in [0.25, 0.3) is 0 Å². The SMILES string of the molecule is O=C(O)CNC(=O)n1cc(NC(=O)c2c(Cl)cccc2Cl)c(C(=O)NC2CCCCC2)n1. The zero-order chi connectivity index (χ0) is 23.3. The van der Waals surface area contributed by atoms with E-state index < -0.39 is 30.4 Å². The molecule has 170 valence electrons. The average molecular weight is 482 g/mol. The number of aromatic nitrogens is 2. The number of rotatable bonds is 6. The Kier molecular flexibility index (Phi) is 7.70. The molecule has 32 heavy (non-hydrogen) atoms. The third kappa shape index (κ3) is 5.77. The fourth-order valence-corrected chi connectivity index (χ4v) is 3.94. The Morgan fingerprint density at radius 2 is 1.72 bits per heavy atom. The Bertz CT molecular complexity index is 1030. The highest BCUT2D eigenvalue weighted by Gasteiger charge is 2.25. The molecule has 0 unspecified atom stereocenters. The van der Waals surface area contributed by atoms with Gasteiger partial charge in [0.15, 0.2) is 5.69 Å². The van der Waals surface area contributed by atoms with Crippen LogP contribution in [-0.4, -0.2) is 51.3 Å². The van der Waals surface area contributed by atoms with Crippen molar-refractivity contribution in [3.8, 4) is 0 Å². The molecule has 0 spiro atoms. The molecule has 1 aromatic heterocycles. The van der Waals surface area contributed by atoms with E-state index in [1.807, 2.05) is 0 Å². The highest BCUT2D eigenvalue weighted by Crippen LogP contribution is 2.26. The topological polar surface area (TPSA) is 142 Å². The van der Waals surface area contributed by atoms with E-state index in [1.165, 1.54) is 12.1 Å². The lowest BCUT2D eigenvalue weighted by atomic mass is 9.95. The molecule has 12 heteroatoms. The third-order valence-corrected chi connectivity index (χ3v) is 5.54.